The van der Waals surface area contributed by atoms with Crippen molar-refractivity contribution in [1.29, 1.82) is 0 Å². The number of nitrogens with two attached hydrogens (primary N) is 1. The number of rotatable bonds is 6. The van der Waals surface area contributed by atoms with Crippen LogP contribution in [0.1, 0.15) is 28.6 Å². The molecule has 2 amide bonds. The van der Waals surface area contributed by atoms with Crippen LogP contribution in [0.2, 0.25) is 0 Å². The minimum absolute atomic E-state index is 0.0713. The van der Waals surface area contributed by atoms with Crippen LogP contribution in [0.3, 0.4) is 0 Å². The molecule has 0 spiro atoms. The molecule has 1 unspecified atom stereocenters. The zero-order chi connectivity index (χ0) is 17.9. The molecule has 0 saturated heterocycles. The third-order valence-electron chi connectivity index (χ3n) is 3.51. The second-order valence-corrected chi connectivity index (χ2v) is 8.37. The third-order valence-corrected chi connectivity index (χ3v) is 5.86. The second kappa shape index (κ2) is 7.81. The molecule has 0 aliphatic carbocycles. The van der Waals surface area contributed by atoms with Crippen molar-refractivity contribution in [2.75, 3.05) is 5.32 Å². The van der Waals surface area contributed by atoms with Crippen molar-refractivity contribution < 1.29 is 9.59 Å². The molecular weight excluding hydrogens is 342 g/mol. The molecule has 128 valence electrons. The maximum Gasteiger partial charge on any atom is 0.237 e. The number of amides is 2. The van der Waals surface area contributed by atoms with Crippen molar-refractivity contribution in [2.45, 2.75) is 43.7 Å². The summed E-state index contributed by atoms with van der Waals surface area (Å²) in [5.74, 6) is -0.447. The Hall–Kier alpha value is -1.86. The zero-order valence-electron chi connectivity index (χ0n) is 14.2. The van der Waals surface area contributed by atoms with Crippen LogP contribution in [-0.2, 0) is 16.0 Å². The van der Waals surface area contributed by atoms with Crippen LogP contribution < -0.4 is 11.1 Å². The lowest BCUT2D eigenvalue weighted by molar-refractivity contribution is -0.117. The quantitative estimate of drug-likeness (QED) is 0.772. The van der Waals surface area contributed by atoms with Crippen molar-refractivity contribution in [1.82, 2.24) is 4.98 Å². The van der Waals surface area contributed by atoms with Crippen LogP contribution in [0.4, 0.5) is 5.69 Å². The molecule has 1 aromatic carbocycles. The van der Waals surface area contributed by atoms with E-state index in [1.807, 2.05) is 45.9 Å². The number of thioether (sulfide) groups is 1. The van der Waals surface area contributed by atoms with Crippen molar-refractivity contribution in [3.63, 3.8) is 0 Å². The monoisotopic (exact) mass is 363 g/mol. The summed E-state index contributed by atoms with van der Waals surface area (Å²) < 4.78 is 0.771. The molecule has 0 aliphatic rings. The van der Waals surface area contributed by atoms with Crippen molar-refractivity contribution >= 4 is 40.6 Å². The lowest BCUT2D eigenvalue weighted by Crippen LogP contribution is -2.22. The fourth-order valence-corrected chi connectivity index (χ4v) is 4.47. The number of benzene rings is 1. The summed E-state index contributed by atoms with van der Waals surface area (Å²) in [6.45, 7) is 7.65. The maximum absolute atomic E-state index is 12.4. The predicted molar refractivity (Wildman–Crippen MR) is 99.6 cm³/mol. The molecule has 1 heterocycles. The average molecular weight is 364 g/mol. The largest absolute Gasteiger partial charge is 0.369 e. The Morgan fingerprint density at radius 1 is 1.33 bits per heavy atom. The normalized spacial score (nSPS) is 12.0. The third kappa shape index (κ3) is 4.82. The van der Waals surface area contributed by atoms with E-state index in [0.29, 0.717) is 0 Å². The summed E-state index contributed by atoms with van der Waals surface area (Å²) >= 11 is 2.80. The minimum atomic E-state index is -0.376. The number of thiazole rings is 1. The lowest BCUT2D eigenvalue weighted by atomic mass is 10.1. The Balaban J connectivity index is 2.04. The summed E-state index contributed by atoms with van der Waals surface area (Å²) in [6.07, 6.45) is 0.188. The summed E-state index contributed by atoms with van der Waals surface area (Å²) in [5, 5.41) is 2.67. The molecule has 1 atom stereocenters. The first kappa shape index (κ1) is 18.5. The summed E-state index contributed by atoms with van der Waals surface area (Å²) in [6, 6.07) is 5.97. The van der Waals surface area contributed by atoms with Crippen molar-refractivity contribution in [3.05, 3.63) is 39.9 Å². The number of carbonyl (C=O) groups excluding carboxylic acids is 2. The molecule has 0 radical (unpaired) electrons. The number of aryl methyl sites for hydroxylation is 3. The van der Waals surface area contributed by atoms with Gasteiger partial charge >= 0.3 is 0 Å². The van der Waals surface area contributed by atoms with E-state index in [2.05, 4.69) is 10.3 Å². The van der Waals surface area contributed by atoms with Gasteiger partial charge in [-0.25, -0.2) is 4.98 Å². The van der Waals surface area contributed by atoms with Gasteiger partial charge in [0, 0.05) is 10.6 Å². The molecule has 5 nitrogen and oxygen atoms in total. The second-order valence-electron chi connectivity index (χ2n) is 5.70. The van der Waals surface area contributed by atoms with Crippen LogP contribution in [0, 0.1) is 20.8 Å². The number of hydrogen-bond acceptors (Lipinski definition) is 5. The van der Waals surface area contributed by atoms with Gasteiger partial charge in [0.05, 0.1) is 17.4 Å². The highest BCUT2D eigenvalue weighted by molar-refractivity contribution is 8.02. The Morgan fingerprint density at radius 2 is 2.04 bits per heavy atom. The molecule has 0 saturated carbocycles. The van der Waals surface area contributed by atoms with E-state index >= 15 is 0 Å². The highest BCUT2D eigenvalue weighted by Crippen LogP contribution is 2.31. The first-order chi connectivity index (χ1) is 11.3. The maximum atomic E-state index is 12.4. The van der Waals surface area contributed by atoms with E-state index in [-0.39, 0.29) is 23.5 Å². The Bertz CT molecular complexity index is 771. The van der Waals surface area contributed by atoms with Crippen molar-refractivity contribution in [3.8, 4) is 0 Å². The van der Waals surface area contributed by atoms with E-state index in [9.17, 15) is 9.59 Å². The number of primary amides is 1. The number of nitrogens with one attached hydrogen (secondary N) is 1. The van der Waals surface area contributed by atoms with Gasteiger partial charge in [-0.2, -0.15) is 0 Å². The SMILES string of the molecule is Cc1ccc(C)c(NC(=O)C(C)Sc2nc(C)c(CC(N)=O)s2)c1. The van der Waals surface area contributed by atoms with Gasteiger partial charge in [-0.15, -0.1) is 11.3 Å². The Kier molecular flexibility index (Phi) is 6.01. The molecule has 2 rings (SSSR count). The summed E-state index contributed by atoms with van der Waals surface area (Å²) in [5.41, 5.74) is 8.99. The van der Waals surface area contributed by atoms with Gasteiger partial charge in [-0.05, 0) is 44.9 Å². The number of carbonyl (C=O) groups is 2. The predicted octanol–water partition coefficient (Wildman–Crippen LogP) is 3.22. The van der Waals surface area contributed by atoms with E-state index in [1.54, 1.807) is 0 Å². The molecule has 0 aliphatic heterocycles. The van der Waals surface area contributed by atoms with Gasteiger partial charge in [-0.3, -0.25) is 9.59 Å². The van der Waals surface area contributed by atoms with Gasteiger partial charge in [0.25, 0.3) is 0 Å². The molecule has 24 heavy (non-hydrogen) atoms. The number of aromatic nitrogens is 1. The average Bonchev–Trinajstić information content (AvgIpc) is 2.81. The smallest absolute Gasteiger partial charge is 0.237 e. The molecule has 0 fully saturated rings. The van der Waals surface area contributed by atoms with Gasteiger partial charge < -0.3 is 11.1 Å². The van der Waals surface area contributed by atoms with E-state index in [1.165, 1.54) is 23.1 Å². The Labute approximate surface area is 150 Å². The van der Waals surface area contributed by atoms with Crippen LogP contribution >= 0.6 is 23.1 Å². The van der Waals surface area contributed by atoms with Crippen LogP contribution in [0.5, 0.6) is 0 Å². The zero-order valence-corrected chi connectivity index (χ0v) is 15.8. The number of anilines is 1. The highest BCUT2D eigenvalue weighted by atomic mass is 32.2. The van der Waals surface area contributed by atoms with E-state index in [4.69, 9.17) is 5.73 Å². The molecular formula is C17H21N3O2S2. The van der Waals surface area contributed by atoms with Gasteiger partial charge in [0.15, 0.2) is 4.34 Å². The Morgan fingerprint density at radius 3 is 2.71 bits per heavy atom. The number of nitrogens with zero attached hydrogens (tertiary/aromatic N) is 1. The summed E-state index contributed by atoms with van der Waals surface area (Å²) in [7, 11) is 0. The topological polar surface area (TPSA) is 85.1 Å². The first-order valence-electron chi connectivity index (χ1n) is 7.55. The molecule has 1 aromatic heterocycles. The molecule has 3 N–H and O–H groups in total. The molecule has 2 aromatic rings. The van der Waals surface area contributed by atoms with Crippen molar-refractivity contribution in [2.24, 2.45) is 5.73 Å². The highest BCUT2D eigenvalue weighted by Gasteiger charge is 2.19. The number of hydrogen-bond donors (Lipinski definition) is 2. The van der Waals surface area contributed by atoms with Gasteiger partial charge in [0.2, 0.25) is 11.8 Å². The molecule has 0 bridgehead atoms. The van der Waals surface area contributed by atoms with Crippen LogP contribution in [-0.4, -0.2) is 22.0 Å². The standard InChI is InChI=1S/C17H21N3O2S2/c1-9-5-6-10(2)13(7-9)20-16(22)12(4)23-17-19-11(3)14(24-17)8-15(18)21/h5-7,12H,8H2,1-4H3,(H2,18,21)(H,20,22). The lowest BCUT2D eigenvalue weighted by Gasteiger charge is -2.13. The van der Waals surface area contributed by atoms with E-state index in [0.717, 1.165) is 31.7 Å². The molecule has 7 heteroatoms. The van der Waals surface area contributed by atoms with Crippen LogP contribution in [0.15, 0.2) is 22.5 Å². The fourth-order valence-electron chi connectivity index (χ4n) is 2.08. The van der Waals surface area contributed by atoms with E-state index < -0.39 is 0 Å². The van der Waals surface area contributed by atoms with Gasteiger partial charge in [0.1, 0.15) is 0 Å². The first-order valence-corrected chi connectivity index (χ1v) is 9.25. The van der Waals surface area contributed by atoms with Gasteiger partial charge in [-0.1, -0.05) is 23.9 Å². The summed E-state index contributed by atoms with van der Waals surface area (Å²) in [4.78, 5) is 28.7. The van der Waals surface area contributed by atoms with Crippen LogP contribution in [0.25, 0.3) is 0 Å². The minimum Gasteiger partial charge on any atom is -0.369 e. The fraction of sp³-hybridized carbons (Fsp3) is 0.353.